The summed E-state index contributed by atoms with van der Waals surface area (Å²) in [5.74, 6) is -0.451. The maximum Gasteiger partial charge on any atom is 0.335 e. The molecule has 0 bridgehead atoms. The van der Waals surface area contributed by atoms with Gasteiger partial charge in [0.2, 0.25) is 10.0 Å². The molecule has 5 nitrogen and oxygen atoms in total. The molecule has 17 heavy (non-hydrogen) atoms. The Hall–Kier alpha value is -1.91. The van der Waals surface area contributed by atoms with Gasteiger partial charge in [-0.05, 0) is 18.2 Å². The molecular formula is C10H8FNO4S. The van der Waals surface area contributed by atoms with E-state index in [4.69, 9.17) is 11.5 Å². The molecule has 1 rings (SSSR count). The van der Waals surface area contributed by atoms with E-state index in [1.54, 1.807) is 0 Å². The second-order valence-electron chi connectivity index (χ2n) is 2.98. The third-order valence-electron chi connectivity index (χ3n) is 1.83. The van der Waals surface area contributed by atoms with Crippen molar-refractivity contribution < 1.29 is 22.7 Å². The first-order chi connectivity index (χ1) is 7.88. The van der Waals surface area contributed by atoms with Crippen LogP contribution in [0.3, 0.4) is 0 Å². The summed E-state index contributed by atoms with van der Waals surface area (Å²) in [6.45, 7) is -0.275. The van der Waals surface area contributed by atoms with E-state index in [2.05, 4.69) is 0 Å². The highest BCUT2D eigenvalue weighted by Gasteiger charge is 2.19. The summed E-state index contributed by atoms with van der Waals surface area (Å²) in [7, 11) is -4.06. The Balaban J connectivity index is 3.17. The molecule has 0 aliphatic rings. The average molecular weight is 257 g/mol. The minimum Gasteiger partial charge on any atom is -0.478 e. The zero-order valence-corrected chi connectivity index (χ0v) is 9.29. The van der Waals surface area contributed by atoms with Crippen molar-refractivity contribution in [3.63, 3.8) is 0 Å². The molecular weight excluding hydrogens is 249 g/mol. The Morgan fingerprint density at radius 2 is 2.18 bits per heavy atom. The fourth-order valence-electron chi connectivity index (χ4n) is 1.07. The molecule has 0 spiro atoms. The van der Waals surface area contributed by atoms with E-state index in [9.17, 15) is 17.6 Å². The van der Waals surface area contributed by atoms with Crippen molar-refractivity contribution in [1.29, 1.82) is 0 Å². The molecule has 7 heteroatoms. The van der Waals surface area contributed by atoms with Gasteiger partial charge in [0, 0.05) is 0 Å². The van der Waals surface area contributed by atoms with Gasteiger partial charge in [-0.25, -0.2) is 17.6 Å². The van der Waals surface area contributed by atoms with E-state index in [1.807, 2.05) is 10.6 Å². The first-order valence-corrected chi connectivity index (χ1v) is 5.83. The first-order valence-electron chi connectivity index (χ1n) is 4.34. The van der Waals surface area contributed by atoms with Gasteiger partial charge in [-0.3, -0.25) is 0 Å². The van der Waals surface area contributed by atoms with Crippen molar-refractivity contribution in [2.45, 2.75) is 4.90 Å². The highest BCUT2D eigenvalue weighted by molar-refractivity contribution is 7.89. The van der Waals surface area contributed by atoms with Gasteiger partial charge < -0.3 is 5.11 Å². The number of halogens is 1. The van der Waals surface area contributed by atoms with Gasteiger partial charge in [0.05, 0.1) is 12.1 Å². The van der Waals surface area contributed by atoms with Crippen molar-refractivity contribution in [2.24, 2.45) is 0 Å². The third-order valence-corrected chi connectivity index (χ3v) is 3.27. The number of terminal acetylenes is 1. The van der Waals surface area contributed by atoms with Crippen molar-refractivity contribution in [1.82, 2.24) is 4.72 Å². The maximum absolute atomic E-state index is 13.4. The zero-order valence-electron chi connectivity index (χ0n) is 8.47. The molecule has 0 radical (unpaired) electrons. The van der Waals surface area contributed by atoms with E-state index in [-0.39, 0.29) is 12.1 Å². The molecule has 1 aromatic carbocycles. The first kappa shape index (κ1) is 13.2. The second kappa shape index (κ2) is 4.95. The van der Waals surface area contributed by atoms with Crippen LogP contribution in [0.5, 0.6) is 0 Å². The van der Waals surface area contributed by atoms with Gasteiger partial charge in [-0.2, -0.15) is 4.72 Å². The van der Waals surface area contributed by atoms with Crippen LogP contribution < -0.4 is 4.72 Å². The minimum atomic E-state index is -4.06. The SMILES string of the molecule is C#CCNS(=O)(=O)c1ccc(C(=O)O)cc1F. The maximum atomic E-state index is 13.4. The molecule has 0 heterocycles. The fourth-order valence-corrected chi connectivity index (χ4v) is 2.06. The van der Waals surface area contributed by atoms with Crippen molar-refractivity contribution in [2.75, 3.05) is 6.54 Å². The summed E-state index contributed by atoms with van der Waals surface area (Å²) >= 11 is 0. The number of hydrogen-bond donors (Lipinski definition) is 2. The lowest BCUT2D eigenvalue weighted by Gasteiger charge is -2.05. The number of sulfonamides is 1. The van der Waals surface area contributed by atoms with Crippen LogP contribution in [-0.2, 0) is 10.0 Å². The quantitative estimate of drug-likeness (QED) is 0.766. The number of carboxylic acids is 1. The summed E-state index contributed by atoms with van der Waals surface area (Å²) < 4.78 is 38.4. The minimum absolute atomic E-state index is 0.275. The Kier molecular flexibility index (Phi) is 3.83. The molecule has 0 atom stereocenters. The van der Waals surface area contributed by atoms with E-state index >= 15 is 0 Å². The van der Waals surface area contributed by atoms with Crippen molar-refractivity contribution in [3.8, 4) is 12.3 Å². The summed E-state index contributed by atoms with van der Waals surface area (Å²) in [6, 6.07) is 2.50. The van der Waals surface area contributed by atoms with Gasteiger partial charge in [0.25, 0.3) is 0 Å². The van der Waals surface area contributed by atoms with Crippen LogP contribution in [-0.4, -0.2) is 26.0 Å². The molecule has 0 aromatic heterocycles. The zero-order chi connectivity index (χ0) is 13.1. The van der Waals surface area contributed by atoms with Crippen LogP contribution in [0.2, 0.25) is 0 Å². The summed E-state index contributed by atoms with van der Waals surface area (Å²) in [5, 5.41) is 8.59. The van der Waals surface area contributed by atoms with Gasteiger partial charge in [0.15, 0.2) is 0 Å². The molecule has 0 saturated heterocycles. The monoisotopic (exact) mass is 257 g/mol. The van der Waals surface area contributed by atoms with Crippen LogP contribution in [0, 0.1) is 18.2 Å². The van der Waals surface area contributed by atoms with Crippen LogP contribution in [0.25, 0.3) is 0 Å². The summed E-state index contributed by atoms with van der Waals surface area (Å²) in [5.41, 5.74) is -0.335. The highest BCUT2D eigenvalue weighted by atomic mass is 32.2. The summed E-state index contributed by atoms with van der Waals surface area (Å²) in [4.78, 5) is 9.89. The average Bonchev–Trinajstić information content (AvgIpc) is 2.25. The second-order valence-corrected chi connectivity index (χ2v) is 4.71. The third kappa shape index (κ3) is 3.03. The highest BCUT2D eigenvalue weighted by Crippen LogP contribution is 2.15. The lowest BCUT2D eigenvalue weighted by molar-refractivity contribution is 0.0696. The topological polar surface area (TPSA) is 83.5 Å². The summed E-state index contributed by atoms with van der Waals surface area (Å²) in [6.07, 6.45) is 4.87. The largest absolute Gasteiger partial charge is 0.478 e. The molecule has 0 amide bonds. The molecule has 0 aliphatic carbocycles. The molecule has 1 aromatic rings. The number of carbonyl (C=O) groups is 1. The Morgan fingerprint density at radius 1 is 1.53 bits per heavy atom. The van der Waals surface area contributed by atoms with Crippen molar-refractivity contribution >= 4 is 16.0 Å². The number of hydrogen-bond acceptors (Lipinski definition) is 3. The lowest BCUT2D eigenvalue weighted by Crippen LogP contribution is -2.25. The predicted octanol–water partition coefficient (Wildman–Crippen LogP) is 0.435. The molecule has 90 valence electrons. The van der Waals surface area contributed by atoms with Gasteiger partial charge >= 0.3 is 5.97 Å². The van der Waals surface area contributed by atoms with E-state index in [1.165, 1.54) is 0 Å². The van der Waals surface area contributed by atoms with Gasteiger partial charge in [-0.15, -0.1) is 6.42 Å². The Morgan fingerprint density at radius 3 is 2.65 bits per heavy atom. The number of carboxylic acid groups (broad SMARTS) is 1. The molecule has 0 unspecified atom stereocenters. The molecule has 0 aliphatic heterocycles. The molecule has 0 saturated carbocycles. The van der Waals surface area contributed by atoms with Crippen molar-refractivity contribution in [3.05, 3.63) is 29.6 Å². The standard InChI is InChI=1S/C10H8FNO4S/c1-2-5-12-17(15,16)9-4-3-7(10(13)14)6-8(9)11/h1,3-4,6,12H,5H2,(H,13,14). The number of aromatic carboxylic acids is 1. The lowest BCUT2D eigenvalue weighted by atomic mass is 10.2. The Bertz CT molecular complexity index is 589. The fraction of sp³-hybridized carbons (Fsp3) is 0.100. The molecule has 2 N–H and O–H groups in total. The van der Waals surface area contributed by atoms with Gasteiger partial charge in [0.1, 0.15) is 10.7 Å². The van der Waals surface area contributed by atoms with E-state index in [0.29, 0.717) is 6.07 Å². The Labute approximate surface area is 97.3 Å². The van der Waals surface area contributed by atoms with E-state index < -0.39 is 26.7 Å². The smallest absolute Gasteiger partial charge is 0.335 e. The van der Waals surface area contributed by atoms with Gasteiger partial charge in [-0.1, -0.05) is 5.92 Å². The van der Waals surface area contributed by atoms with Crippen LogP contribution in [0.15, 0.2) is 23.1 Å². The van der Waals surface area contributed by atoms with Crippen LogP contribution >= 0.6 is 0 Å². The molecule has 0 fully saturated rings. The van der Waals surface area contributed by atoms with Crippen LogP contribution in [0.4, 0.5) is 4.39 Å². The number of benzene rings is 1. The van der Waals surface area contributed by atoms with E-state index in [0.717, 1.165) is 12.1 Å². The normalized spacial score (nSPS) is 10.8. The number of rotatable bonds is 4. The van der Waals surface area contributed by atoms with Crippen LogP contribution in [0.1, 0.15) is 10.4 Å². The predicted molar refractivity (Wildman–Crippen MR) is 57.4 cm³/mol. The number of nitrogens with one attached hydrogen (secondary N) is 1.